The summed E-state index contributed by atoms with van der Waals surface area (Å²) in [6.07, 6.45) is -3.15. The zero-order valence-electron chi connectivity index (χ0n) is 21.0. The molecule has 2 aliphatic rings. The number of amidine groups is 1. The third kappa shape index (κ3) is 5.03. The smallest absolute Gasteiger partial charge is 0.356 e. The largest absolute Gasteiger partial charge is 0.393 e. The highest BCUT2D eigenvalue weighted by Crippen LogP contribution is 2.42. The van der Waals surface area contributed by atoms with Crippen molar-refractivity contribution in [1.82, 2.24) is 14.8 Å². The number of alkyl halides is 3. The van der Waals surface area contributed by atoms with Crippen LogP contribution in [0.3, 0.4) is 0 Å². The van der Waals surface area contributed by atoms with Gasteiger partial charge in [-0.2, -0.15) is 18.4 Å². The van der Waals surface area contributed by atoms with E-state index in [0.29, 0.717) is 22.1 Å². The van der Waals surface area contributed by atoms with Crippen LogP contribution in [0.25, 0.3) is 10.9 Å². The van der Waals surface area contributed by atoms with Crippen LogP contribution < -0.4 is 0 Å². The molecule has 10 heteroatoms. The molecular weight excluding hydrogens is 497 g/mol. The van der Waals surface area contributed by atoms with E-state index in [1.165, 1.54) is 11.1 Å². The normalized spacial score (nSPS) is 20.9. The van der Waals surface area contributed by atoms with Crippen LogP contribution in [0.1, 0.15) is 40.1 Å². The minimum absolute atomic E-state index is 0.128. The molecule has 37 heavy (non-hydrogen) atoms. The summed E-state index contributed by atoms with van der Waals surface area (Å²) in [5.74, 6) is 0.699. The van der Waals surface area contributed by atoms with E-state index in [9.17, 15) is 18.4 Å². The first kappa shape index (κ1) is 25.5. The lowest BCUT2D eigenvalue weighted by atomic mass is 9.86. The van der Waals surface area contributed by atoms with Crippen LogP contribution in [0.4, 0.5) is 18.2 Å². The van der Waals surface area contributed by atoms with Gasteiger partial charge in [-0.25, -0.2) is 0 Å². The van der Waals surface area contributed by atoms with Gasteiger partial charge in [0.25, 0.3) is 0 Å². The highest BCUT2D eigenvalue weighted by atomic mass is 32.1. The van der Waals surface area contributed by atoms with Crippen molar-refractivity contribution in [2.24, 2.45) is 15.4 Å². The van der Waals surface area contributed by atoms with Gasteiger partial charge in [0, 0.05) is 54.4 Å². The van der Waals surface area contributed by atoms with Crippen molar-refractivity contribution >= 4 is 39.8 Å². The average molecular weight is 527 g/mol. The van der Waals surface area contributed by atoms with Crippen LogP contribution in [0, 0.1) is 23.7 Å². The van der Waals surface area contributed by atoms with Gasteiger partial charge in [-0.15, -0.1) is 11.3 Å². The lowest BCUT2D eigenvalue weighted by Crippen LogP contribution is -2.34. The van der Waals surface area contributed by atoms with Crippen molar-refractivity contribution in [3.8, 4) is 6.07 Å². The number of hydrogen-bond acceptors (Lipinski definition) is 5. The molecule has 0 unspecified atom stereocenters. The number of halogens is 3. The fourth-order valence-corrected chi connectivity index (χ4v) is 6.89. The number of nitrogens with one attached hydrogen (secondary N) is 1. The Bertz CT molecular complexity index is 1410. The first-order chi connectivity index (χ1) is 17.6. The number of nitrogens with zero attached hydrogens (tertiary/aromatic N) is 5. The Balaban J connectivity index is 1.29. The number of fused-ring (bicyclic) bond motifs is 1. The standard InChI is InChI=1S/C27H29F3N6S/c1-17-18(4-5-23-21(17)10-19(13-31)34-23)14-35-8-6-26(15-35)7-9-36(16-26)24(32-2)22-11-20(12-27(28,29)30)37-25(22)33-3/h4-5,10-11,34H,3,6-9,12,14-16H2,1-2H3/b32-24+/t26-/m0/s1. The van der Waals surface area contributed by atoms with Crippen LogP contribution in [-0.4, -0.2) is 66.7 Å². The van der Waals surface area contributed by atoms with E-state index in [1.54, 1.807) is 13.1 Å². The molecule has 1 atom stereocenters. The van der Waals surface area contributed by atoms with Crippen LogP contribution in [-0.2, 0) is 13.0 Å². The van der Waals surface area contributed by atoms with Gasteiger partial charge in [-0.3, -0.25) is 14.9 Å². The number of rotatable bonds is 5. The number of likely N-dealkylation sites (tertiary alicyclic amines) is 2. The van der Waals surface area contributed by atoms with E-state index in [2.05, 4.69) is 50.5 Å². The summed E-state index contributed by atoms with van der Waals surface area (Å²) in [6.45, 7) is 10.1. The van der Waals surface area contributed by atoms with Gasteiger partial charge in [0.2, 0.25) is 0 Å². The van der Waals surface area contributed by atoms with Crippen LogP contribution in [0.15, 0.2) is 34.3 Å². The van der Waals surface area contributed by atoms with E-state index in [4.69, 9.17) is 0 Å². The number of aliphatic imine (C=N–C) groups is 2. The Morgan fingerprint density at radius 2 is 2.03 bits per heavy atom. The summed E-state index contributed by atoms with van der Waals surface area (Å²) in [6, 6.07) is 9.86. The van der Waals surface area contributed by atoms with E-state index < -0.39 is 12.6 Å². The molecule has 6 nitrogen and oxygen atoms in total. The molecule has 2 aliphatic heterocycles. The van der Waals surface area contributed by atoms with Gasteiger partial charge in [-0.1, -0.05) is 6.07 Å². The molecule has 3 aromatic rings. The number of benzene rings is 1. The highest BCUT2D eigenvalue weighted by molar-refractivity contribution is 7.16. The number of nitriles is 1. The Kier molecular flexibility index (Phi) is 6.62. The molecule has 4 heterocycles. The second kappa shape index (κ2) is 9.62. The SMILES string of the molecule is C=Nc1sc(CC(F)(F)F)cc1/C(=N\C)N1CC[C@]2(CCN(Cc3ccc4[nH]c(C#N)cc4c3C)C2)C1. The summed E-state index contributed by atoms with van der Waals surface area (Å²) < 4.78 is 38.9. The van der Waals surface area contributed by atoms with Crippen molar-refractivity contribution < 1.29 is 13.2 Å². The van der Waals surface area contributed by atoms with Gasteiger partial charge in [0.15, 0.2) is 0 Å². The minimum atomic E-state index is -4.27. The van der Waals surface area contributed by atoms with Crippen molar-refractivity contribution in [3.05, 3.63) is 51.5 Å². The van der Waals surface area contributed by atoms with E-state index in [0.717, 1.165) is 67.8 Å². The summed E-state index contributed by atoms with van der Waals surface area (Å²) in [5.41, 5.74) is 4.77. The number of thiophene rings is 1. The lowest BCUT2D eigenvalue weighted by molar-refractivity contribution is -0.126. The number of hydrogen-bond donors (Lipinski definition) is 1. The molecule has 1 aromatic carbocycles. The maximum Gasteiger partial charge on any atom is 0.393 e. The molecule has 0 bridgehead atoms. The van der Waals surface area contributed by atoms with Crippen molar-refractivity contribution in [3.63, 3.8) is 0 Å². The fourth-order valence-electron chi connectivity index (χ4n) is 5.90. The molecule has 1 spiro atoms. The number of aromatic amines is 1. The van der Waals surface area contributed by atoms with Crippen LogP contribution in [0.5, 0.6) is 0 Å². The molecule has 2 saturated heterocycles. The molecule has 5 rings (SSSR count). The number of aromatic nitrogens is 1. The van der Waals surface area contributed by atoms with E-state index in [1.807, 2.05) is 12.1 Å². The first-order valence-electron chi connectivity index (χ1n) is 12.3. The summed E-state index contributed by atoms with van der Waals surface area (Å²) in [7, 11) is 1.69. The average Bonchev–Trinajstić information content (AvgIpc) is 3.63. The van der Waals surface area contributed by atoms with E-state index in [-0.39, 0.29) is 10.3 Å². The Morgan fingerprint density at radius 3 is 2.73 bits per heavy atom. The predicted molar refractivity (Wildman–Crippen MR) is 142 cm³/mol. The van der Waals surface area contributed by atoms with E-state index >= 15 is 0 Å². The van der Waals surface area contributed by atoms with Crippen molar-refractivity contribution in [2.75, 3.05) is 33.2 Å². The van der Waals surface area contributed by atoms with Crippen LogP contribution >= 0.6 is 11.3 Å². The molecule has 2 aromatic heterocycles. The second-order valence-corrected chi connectivity index (χ2v) is 11.3. The van der Waals surface area contributed by atoms with Gasteiger partial charge in [-0.05, 0) is 62.4 Å². The minimum Gasteiger partial charge on any atom is -0.356 e. The molecule has 194 valence electrons. The quantitative estimate of drug-likeness (QED) is 0.336. The van der Waals surface area contributed by atoms with Gasteiger partial charge in [0.1, 0.15) is 22.6 Å². The maximum atomic E-state index is 13.0. The zero-order chi connectivity index (χ0) is 26.4. The monoisotopic (exact) mass is 526 g/mol. The van der Waals surface area contributed by atoms with Gasteiger partial charge >= 0.3 is 6.18 Å². The van der Waals surface area contributed by atoms with Crippen LogP contribution in [0.2, 0.25) is 0 Å². The highest BCUT2D eigenvalue weighted by Gasteiger charge is 2.44. The number of H-pyrrole nitrogens is 1. The zero-order valence-corrected chi connectivity index (χ0v) is 21.8. The Hall–Kier alpha value is -3.16. The first-order valence-corrected chi connectivity index (χ1v) is 13.1. The Morgan fingerprint density at radius 1 is 1.24 bits per heavy atom. The molecular formula is C27H29F3N6S. The van der Waals surface area contributed by atoms with Gasteiger partial charge in [0.05, 0.1) is 12.0 Å². The fraction of sp³-hybridized carbons (Fsp3) is 0.444. The summed E-state index contributed by atoms with van der Waals surface area (Å²) >= 11 is 1.03. The topological polar surface area (TPSA) is 70.8 Å². The summed E-state index contributed by atoms with van der Waals surface area (Å²) in [5, 5.41) is 10.8. The molecule has 1 N–H and O–H groups in total. The maximum absolute atomic E-state index is 13.0. The van der Waals surface area contributed by atoms with Crippen molar-refractivity contribution in [2.45, 2.75) is 38.9 Å². The summed E-state index contributed by atoms with van der Waals surface area (Å²) in [4.78, 5) is 16.6. The molecule has 0 radical (unpaired) electrons. The predicted octanol–water partition coefficient (Wildman–Crippen LogP) is 5.82. The Labute approximate surface area is 218 Å². The third-order valence-corrected chi connectivity index (χ3v) is 8.76. The van der Waals surface area contributed by atoms with Gasteiger partial charge < -0.3 is 9.88 Å². The number of aryl methyl sites for hydroxylation is 1. The van der Waals surface area contributed by atoms with Crippen molar-refractivity contribution in [1.29, 1.82) is 5.26 Å². The molecule has 0 saturated carbocycles. The second-order valence-electron chi connectivity index (χ2n) is 10.2. The molecule has 0 aliphatic carbocycles. The molecule has 0 amide bonds. The third-order valence-electron chi connectivity index (χ3n) is 7.69. The lowest BCUT2D eigenvalue weighted by Gasteiger charge is -2.26. The molecule has 2 fully saturated rings.